The fourth-order valence-electron chi connectivity index (χ4n) is 2.64. The second-order valence-corrected chi connectivity index (χ2v) is 6.10. The largest absolute Gasteiger partial charge is 0.462 e. The maximum atomic E-state index is 12.8. The Kier molecular flexibility index (Phi) is 7.51. The number of nitro groups is 1. The van der Waals surface area contributed by atoms with E-state index in [2.05, 4.69) is 0 Å². The molecule has 0 radical (unpaired) electrons. The number of benzene rings is 2. The molecule has 31 heavy (non-hydrogen) atoms. The van der Waals surface area contributed by atoms with Gasteiger partial charge in [-0.05, 0) is 55.3 Å². The van der Waals surface area contributed by atoms with Crippen molar-refractivity contribution in [2.75, 3.05) is 13.2 Å². The second kappa shape index (κ2) is 9.88. The smallest absolute Gasteiger partial charge is 0.416 e. The maximum absolute atomic E-state index is 12.8. The molecule has 7 nitrogen and oxygen atoms in total. The minimum absolute atomic E-state index is 0.0384. The van der Waals surface area contributed by atoms with Crippen LogP contribution in [0.25, 0.3) is 17.2 Å². The zero-order valence-electron chi connectivity index (χ0n) is 16.6. The number of ether oxygens (including phenoxy) is 2. The number of nitrogens with zero attached hydrogens (tertiary/aromatic N) is 1. The van der Waals surface area contributed by atoms with Crippen molar-refractivity contribution in [3.63, 3.8) is 0 Å². The van der Waals surface area contributed by atoms with Crippen molar-refractivity contribution < 1.29 is 37.2 Å². The molecule has 0 aliphatic heterocycles. The molecule has 2 rings (SSSR count). The van der Waals surface area contributed by atoms with E-state index in [9.17, 15) is 32.9 Å². The molecule has 164 valence electrons. The van der Waals surface area contributed by atoms with Crippen LogP contribution in [0.4, 0.5) is 18.9 Å². The van der Waals surface area contributed by atoms with Crippen LogP contribution >= 0.6 is 0 Å². The topological polar surface area (TPSA) is 95.7 Å². The molecule has 0 fully saturated rings. The van der Waals surface area contributed by atoms with Gasteiger partial charge in [0.05, 0.1) is 29.3 Å². The first-order valence-corrected chi connectivity index (χ1v) is 9.10. The van der Waals surface area contributed by atoms with E-state index in [1.54, 1.807) is 0 Å². The SMILES string of the molecule is CCOC(=O)C(=Cc1cc(-c2ccc(C(F)(F)F)cc2)ccc1[N+](=O)[O-])C(=O)OCC. The third-order valence-electron chi connectivity index (χ3n) is 4.06. The fourth-order valence-corrected chi connectivity index (χ4v) is 2.64. The van der Waals surface area contributed by atoms with Gasteiger partial charge >= 0.3 is 18.1 Å². The van der Waals surface area contributed by atoms with E-state index in [-0.39, 0.29) is 18.8 Å². The summed E-state index contributed by atoms with van der Waals surface area (Å²) in [7, 11) is 0. The van der Waals surface area contributed by atoms with Gasteiger partial charge in [0.1, 0.15) is 5.57 Å². The number of hydrogen-bond donors (Lipinski definition) is 0. The molecule has 10 heteroatoms. The van der Waals surface area contributed by atoms with Crippen molar-refractivity contribution in [1.29, 1.82) is 0 Å². The molecule has 0 aliphatic rings. The average molecular weight is 437 g/mol. The minimum Gasteiger partial charge on any atom is -0.462 e. The summed E-state index contributed by atoms with van der Waals surface area (Å²) in [6.07, 6.45) is -3.53. The number of carbonyl (C=O) groups excluding carboxylic acids is 2. The van der Waals surface area contributed by atoms with Crippen molar-refractivity contribution >= 4 is 23.7 Å². The molecule has 0 atom stereocenters. The lowest BCUT2D eigenvalue weighted by Gasteiger charge is -2.09. The van der Waals surface area contributed by atoms with E-state index in [0.29, 0.717) is 11.1 Å². The van der Waals surface area contributed by atoms with Crippen LogP contribution in [0, 0.1) is 10.1 Å². The number of carbonyl (C=O) groups is 2. The summed E-state index contributed by atoms with van der Waals surface area (Å²) in [4.78, 5) is 35.0. The predicted octanol–water partition coefficient (Wildman–Crippen LogP) is 4.79. The Morgan fingerprint density at radius 3 is 1.94 bits per heavy atom. The number of halogens is 3. The molecule has 0 aliphatic carbocycles. The summed E-state index contributed by atoms with van der Waals surface area (Å²) in [6, 6.07) is 7.98. The molecule has 0 amide bonds. The van der Waals surface area contributed by atoms with Crippen LogP contribution in [0.5, 0.6) is 0 Å². The summed E-state index contributed by atoms with van der Waals surface area (Å²) in [5.74, 6) is -2.04. The third-order valence-corrected chi connectivity index (χ3v) is 4.06. The summed E-state index contributed by atoms with van der Waals surface area (Å²) in [5.41, 5.74) is -1.22. The monoisotopic (exact) mass is 437 g/mol. The molecule has 0 unspecified atom stereocenters. The Balaban J connectivity index is 2.59. The van der Waals surface area contributed by atoms with Gasteiger partial charge in [0, 0.05) is 6.07 Å². The Hall–Kier alpha value is -3.69. The number of rotatable bonds is 7. The molecule has 0 aromatic heterocycles. The Labute approximate surface area is 175 Å². The second-order valence-electron chi connectivity index (χ2n) is 6.10. The van der Waals surface area contributed by atoms with Gasteiger partial charge in [-0.15, -0.1) is 0 Å². The van der Waals surface area contributed by atoms with Crippen LogP contribution in [0.1, 0.15) is 25.0 Å². The van der Waals surface area contributed by atoms with Crippen LogP contribution in [-0.4, -0.2) is 30.1 Å². The van der Waals surface area contributed by atoms with Crippen LogP contribution in [0.2, 0.25) is 0 Å². The van der Waals surface area contributed by atoms with E-state index < -0.39 is 39.9 Å². The van der Waals surface area contributed by atoms with Crippen molar-refractivity contribution in [3.05, 3.63) is 69.3 Å². The highest BCUT2D eigenvalue weighted by molar-refractivity contribution is 6.18. The summed E-state index contributed by atoms with van der Waals surface area (Å²) in [6.45, 7) is 2.97. The molecule has 0 heterocycles. The quantitative estimate of drug-likeness (QED) is 0.154. The van der Waals surface area contributed by atoms with Crippen LogP contribution in [0.3, 0.4) is 0 Å². The molecule has 0 spiro atoms. The highest BCUT2D eigenvalue weighted by atomic mass is 19.4. The van der Waals surface area contributed by atoms with Gasteiger partial charge in [0.25, 0.3) is 5.69 Å². The van der Waals surface area contributed by atoms with Gasteiger partial charge in [0.2, 0.25) is 0 Å². The minimum atomic E-state index is -4.50. The van der Waals surface area contributed by atoms with Crippen LogP contribution < -0.4 is 0 Å². The molecule has 0 N–H and O–H groups in total. The third kappa shape index (κ3) is 5.91. The van der Waals surface area contributed by atoms with E-state index in [1.165, 1.54) is 38.1 Å². The molecule has 0 saturated carbocycles. The molecular formula is C21H18F3NO6. The first kappa shape index (κ1) is 23.6. The van der Waals surface area contributed by atoms with Crippen LogP contribution in [0.15, 0.2) is 48.0 Å². The first-order chi connectivity index (χ1) is 14.6. The van der Waals surface area contributed by atoms with E-state index in [0.717, 1.165) is 24.3 Å². The molecule has 0 bridgehead atoms. The van der Waals surface area contributed by atoms with E-state index >= 15 is 0 Å². The zero-order valence-corrected chi connectivity index (χ0v) is 16.6. The highest BCUT2D eigenvalue weighted by Crippen LogP contribution is 2.33. The van der Waals surface area contributed by atoms with Crippen molar-refractivity contribution in [1.82, 2.24) is 0 Å². The number of hydrogen-bond acceptors (Lipinski definition) is 6. The fraction of sp³-hybridized carbons (Fsp3) is 0.238. The Bertz CT molecular complexity index is 993. The van der Waals surface area contributed by atoms with Crippen molar-refractivity contribution in [2.45, 2.75) is 20.0 Å². The Morgan fingerprint density at radius 2 is 1.48 bits per heavy atom. The average Bonchev–Trinajstić information content (AvgIpc) is 2.71. The van der Waals surface area contributed by atoms with Gasteiger partial charge < -0.3 is 9.47 Å². The molecule has 2 aromatic rings. The van der Waals surface area contributed by atoms with Crippen LogP contribution in [-0.2, 0) is 25.2 Å². The normalized spacial score (nSPS) is 10.9. The molecular weight excluding hydrogens is 419 g/mol. The van der Waals surface area contributed by atoms with Gasteiger partial charge in [-0.25, -0.2) is 9.59 Å². The molecule has 0 saturated heterocycles. The first-order valence-electron chi connectivity index (χ1n) is 9.10. The lowest BCUT2D eigenvalue weighted by molar-refractivity contribution is -0.385. The Morgan fingerprint density at radius 1 is 0.968 bits per heavy atom. The predicted molar refractivity (Wildman–Crippen MR) is 105 cm³/mol. The summed E-state index contributed by atoms with van der Waals surface area (Å²) < 4.78 is 48.0. The zero-order chi connectivity index (χ0) is 23.2. The maximum Gasteiger partial charge on any atom is 0.416 e. The number of esters is 2. The standard InChI is InChI=1S/C21H18F3NO6/c1-3-30-19(26)17(20(27)31-4-2)12-15-11-14(7-10-18(15)25(28)29)13-5-8-16(9-6-13)21(22,23)24/h5-12H,3-4H2,1-2H3. The number of alkyl halides is 3. The number of nitro benzene ring substituents is 1. The van der Waals surface area contributed by atoms with Gasteiger partial charge in [-0.3, -0.25) is 10.1 Å². The highest BCUT2D eigenvalue weighted by Gasteiger charge is 2.30. The summed E-state index contributed by atoms with van der Waals surface area (Å²) >= 11 is 0. The van der Waals surface area contributed by atoms with Crippen molar-refractivity contribution in [2.24, 2.45) is 0 Å². The van der Waals surface area contributed by atoms with E-state index in [4.69, 9.17) is 9.47 Å². The van der Waals surface area contributed by atoms with E-state index in [1.807, 2.05) is 0 Å². The van der Waals surface area contributed by atoms with Gasteiger partial charge in [-0.2, -0.15) is 13.2 Å². The summed E-state index contributed by atoms with van der Waals surface area (Å²) in [5, 5.41) is 11.4. The lowest BCUT2D eigenvalue weighted by Crippen LogP contribution is -2.18. The van der Waals surface area contributed by atoms with Gasteiger partial charge in [-0.1, -0.05) is 12.1 Å². The van der Waals surface area contributed by atoms with Crippen molar-refractivity contribution in [3.8, 4) is 11.1 Å². The van der Waals surface area contributed by atoms with Gasteiger partial charge in [0.15, 0.2) is 0 Å². The lowest BCUT2D eigenvalue weighted by atomic mass is 9.99. The molecule has 2 aromatic carbocycles.